The molecule has 2 rings (SSSR count). The molecule has 6 nitrogen and oxygen atoms in total. The first-order chi connectivity index (χ1) is 12.0. The lowest BCUT2D eigenvalue weighted by Crippen LogP contribution is -2.24. The van der Waals surface area contributed by atoms with Gasteiger partial charge in [0.05, 0.1) is 25.5 Å². The molecule has 1 N–H and O–H groups in total. The van der Waals surface area contributed by atoms with E-state index < -0.39 is 5.91 Å². The Morgan fingerprint density at radius 1 is 1.16 bits per heavy atom. The summed E-state index contributed by atoms with van der Waals surface area (Å²) in [6.07, 6.45) is 1.44. The molecule has 0 aliphatic heterocycles. The minimum Gasteiger partial charge on any atom is -0.493 e. The van der Waals surface area contributed by atoms with Gasteiger partial charge in [0.1, 0.15) is 5.75 Å². The van der Waals surface area contributed by atoms with Gasteiger partial charge in [-0.2, -0.15) is 5.10 Å². The predicted octanol–water partition coefficient (Wildman–Crippen LogP) is 3.54. The number of hydrazone groups is 1. The molecule has 0 aromatic heterocycles. The van der Waals surface area contributed by atoms with Crippen molar-refractivity contribution in [1.82, 2.24) is 5.43 Å². The van der Waals surface area contributed by atoms with Crippen molar-refractivity contribution in [3.63, 3.8) is 0 Å². The highest BCUT2D eigenvalue weighted by atomic mass is 35.5. The SMILES string of the molecule is COc1cc(/C=N\NC(=O)COc2ccc(Cl)cc2)cc(Cl)c1OC. The molecule has 0 bridgehead atoms. The number of ether oxygens (including phenoxy) is 3. The van der Waals surface area contributed by atoms with E-state index in [1.165, 1.54) is 20.4 Å². The number of hydrogen-bond donors (Lipinski definition) is 1. The van der Waals surface area contributed by atoms with Gasteiger partial charge in [-0.3, -0.25) is 4.79 Å². The summed E-state index contributed by atoms with van der Waals surface area (Å²) < 4.78 is 15.7. The maximum atomic E-state index is 11.7. The van der Waals surface area contributed by atoms with Crippen LogP contribution >= 0.6 is 23.2 Å². The lowest BCUT2D eigenvalue weighted by atomic mass is 10.2. The maximum Gasteiger partial charge on any atom is 0.277 e. The zero-order valence-electron chi connectivity index (χ0n) is 13.6. The number of carbonyl (C=O) groups is 1. The Hall–Kier alpha value is -2.44. The molecule has 0 saturated carbocycles. The van der Waals surface area contributed by atoms with E-state index in [2.05, 4.69) is 10.5 Å². The van der Waals surface area contributed by atoms with E-state index in [1.54, 1.807) is 36.4 Å². The van der Waals surface area contributed by atoms with Crippen LogP contribution < -0.4 is 19.6 Å². The summed E-state index contributed by atoms with van der Waals surface area (Å²) in [5.41, 5.74) is 3.00. The molecule has 2 aromatic carbocycles. The second-order valence-corrected chi connectivity index (χ2v) is 5.62. The van der Waals surface area contributed by atoms with Crippen LogP contribution in [0.15, 0.2) is 41.5 Å². The number of carbonyl (C=O) groups excluding carboxylic acids is 1. The molecule has 2 aromatic rings. The fourth-order valence-corrected chi connectivity index (χ4v) is 2.33. The van der Waals surface area contributed by atoms with Crippen molar-refractivity contribution in [1.29, 1.82) is 0 Å². The Balaban J connectivity index is 1.90. The topological polar surface area (TPSA) is 69.2 Å². The summed E-state index contributed by atoms with van der Waals surface area (Å²) >= 11 is 11.9. The highest BCUT2D eigenvalue weighted by Crippen LogP contribution is 2.35. The Morgan fingerprint density at radius 3 is 2.52 bits per heavy atom. The first-order valence-corrected chi connectivity index (χ1v) is 7.91. The number of nitrogens with one attached hydrogen (secondary N) is 1. The molecule has 0 spiro atoms. The fraction of sp³-hybridized carbons (Fsp3) is 0.176. The monoisotopic (exact) mass is 382 g/mol. The zero-order valence-corrected chi connectivity index (χ0v) is 15.1. The molecule has 0 heterocycles. The highest BCUT2D eigenvalue weighted by molar-refractivity contribution is 6.32. The van der Waals surface area contributed by atoms with Crippen molar-refractivity contribution in [2.75, 3.05) is 20.8 Å². The van der Waals surface area contributed by atoms with Gasteiger partial charge in [-0.1, -0.05) is 23.2 Å². The average Bonchev–Trinajstić information content (AvgIpc) is 2.60. The normalized spacial score (nSPS) is 10.6. The molecule has 25 heavy (non-hydrogen) atoms. The van der Waals surface area contributed by atoms with Crippen LogP contribution in [-0.4, -0.2) is 32.9 Å². The molecule has 1 amide bonds. The summed E-state index contributed by atoms with van der Waals surface area (Å²) in [7, 11) is 3.00. The van der Waals surface area contributed by atoms with E-state index in [-0.39, 0.29) is 6.61 Å². The third-order valence-corrected chi connectivity index (χ3v) is 3.58. The van der Waals surface area contributed by atoms with Gasteiger partial charge in [0.25, 0.3) is 5.91 Å². The Morgan fingerprint density at radius 2 is 1.88 bits per heavy atom. The fourth-order valence-electron chi connectivity index (χ4n) is 1.90. The van der Waals surface area contributed by atoms with Crippen LogP contribution in [0.3, 0.4) is 0 Å². The Bertz CT molecular complexity index is 764. The van der Waals surface area contributed by atoms with Gasteiger partial charge in [0, 0.05) is 5.02 Å². The number of halogens is 2. The summed E-state index contributed by atoms with van der Waals surface area (Å²) in [6.45, 7) is -0.175. The number of benzene rings is 2. The van der Waals surface area contributed by atoms with Crippen LogP contribution in [0.2, 0.25) is 10.0 Å². The molecular weight excluding hydrogens is 367 g/mol. The van der Waals surface area contributed by atoms with Gasteiger partial charge >= 0.3 is 0 Å². The lowest BCUT2D eigenvalue weighted by Gasteiger charge is -2.10. The molecular formula is C17H16Cl2N2O4. The quantitative estimate of drug-likeness (QED) is 0.587. The smallest absolute Gasteiger partial charge is 0.277 e. The van der Waals surface area contributed by atoms with Crippen LogP contribution in [0.5, 0.6) is 17.2 Å². The number of rotatable bonds is 7. The van der Waals surface area contributed by atoms with E-state index in [0.717, 1.165) is 0 Å². The third kappa shape index (κ3) is 5.55. The molecule has 0 unspecified atom stereocenters. The number of nitrogens with zero attached hydrogens (tertiary/aromatic N) is 1. The van der Waals surface area contributed by atoms with Crippen molar-refractivity contribution >= 4 is 35.3 Å². The molecule has 0 saturated heterocycles. The summed E-state index contributed by atoms with van der Waals surface area (Å²) in [6, 6.07) is 10.0. The van der Waals surface area contributed by atoms with E-state index in [4.69, 9.17) is 37.4 Å². The van der Waals surface area contributed by atoms with E-state index in [1.807, 2.05) is 0 Å². The van der Waals surface area contributed by atoms with E-state index >= 15 is 0 Å². The Kier molecular flexibility index (Phi) is 6.91. The highest BCUT2D eigenvalue weighted by Gasteiger charge is 2.10. The van der Waals surface area contributed by atoms with Crippen LogP contribution in [0.4, 0.5) is 0 Å². The van der Waals surface area contributed by atoms with Crippen LogP contribution in [0, 0.1) is 0 Å². The average molecular weight is 383 g/mol. The van der Waals surface area contributed by atoms with Crippen molar-refractivity contribution in [3.8, 4) is 17.2 Å². The lowest BCUT2D eigenvalue weighted by molar-refractivity contribution is -0.123. The van der Waals surface area contributed by atoms with Gasteiger partial charge in [-0.25, -0.2) is 5.43 Å². The van der Waals surface area contributed by atoms with Gasteiger partial charge in [0.15, 0.2) is 18.1 Å². The Labute approximate surface area is 155 Å². The molecule has 0 atom stereocenters. The minimum absolute atomic E-state index is 0.175. The molecule has 132 valence electrons. The van der Waals surface area contributed by atoms with Gasteiger partial charge in [-0.05, 0) is 42.0 Å². The maximum absolute atomic E-state index is 11.7. The number of methoxy groups -OCH3 is 2. The molecule has 0 fully saturated rings. The first-order valence-electron chi connectivity index (χ1n) is 7.15. The van der Waals surface area contributed by atoms with Gasteiger partial charge in [0.2, 0.25) is 0 Å². The standard InChI is InChI=1S/C17H16Cl2N2O4/c1-23-15-8-11(7-14(19)17(15)24-2)9-20-21-16(22)10-25-13-5-3-12(18)4-6-13/h3-9H,10H2,1-2H3,(H,21,22)/b20-9-. The number of amides is 1. The zero-order chi connectivity index (χ0) is 18.2. The van der Waals surface area contributed by atoms with Crippen LogP contribution in [0.1, 0.15) is 5.56 Å². The van der Waals surface area contributed by atoms with Gasteiger partial charge < -0.3 is 14.2 Å². The minimum atomic E-state index is -0.405. The summed E-state index contributed by atoms with van der Waals surface area (Å²) in [4.78, 5) is 11.7. The molecule has 0 radical (unpaired) electrons. The molecule has 8 heteroatoms. The van der Waals surface area contributed by atoms with Crippen LogP contribution in [0.25, 0.3) is 0 Å². The third-order valence-electron chi connectivity index (χ3n) is 3.04. The predicted molar refractivity (Wildman–Crippen MR) is 97.2 cm³/mol. The second-order valence-electron chi connectivity index (χ2n) is 4.77. The molecule has 0 aliphatic carbocycles. The second kappa shape index (κ2) is 9.15. The van der Waals surface area contributed by atoms with Crippen LogP contribution in [-0.2, 0) is 4.79 Å². The van der Waals surface area contributed by atoms with E-state index in [9.17, 15) is 4.79 Å². The summed E-state index contributed by atoms with van der Waals surface area (Å²) in [5.74, 6) is 1.03. The van der Waals surface area contributed by atoms with Crippen molar-refractivity contribution < 1.29 is 19.0 Å². The van der Waals surface area contributed by atoms with Crippen molar-refractivity contribution in [3.05, 3.63) is 52.0 Å². The molecule has 0 aliphatic rings. The summed E-state index contributed by atoms with van der Waals surface area (Å²) in [5, 5.41) is 4.83. The largest absolute Gasteiger partial charge is 0.493 e. The van der Waals surface area contributed by atoms with Gasteiger partial charge in [-0.15, -0.1) is 0 Å². The number of hydrogen-bond acceptors (Lipinski definition) is 5. The van der Waals surface area contributed by atoms with Crippen molar-refractivity contribution in [2.24, 2.45) is 5.10 Å². The van der Waals surface area contributed by atoms with Crippen molar-refractivity contribution in [2.45, 2.75) is 0 Å². The van der Waals surface area contributed by atoms with E-state index in [0.29, 0.717) is 32.9 Å². The first kappa shape index (κ1) is 18.9.